The Balaban J connectivity index is 1.18. The molecule has 1 unspecified atom stereocenters. The minimum atomic E-state index is -0.175. The molecule has 2 N–H and O–H groups in total. The molecule has 0 radical (unpaired) electrons. The lowest BCUT2D eigenvalue weighted by Crippen LogP contribution is -2.38. The third kappa shape index (κ3) is 4.88. The Kier molecular flexibility index (Phi) is 6.30. The number of thioether (sulfide) groups is 1. The first-order valence-corrected chi connectivity index (χ1v) is 12.3. The molecule has 3 amide bonds. The highest BCUT2D eigenvalue weighted by molar-refractivity contribution is 7.99. The summed E-state index contributed by atoms with van der Waals surface area (Å²) in [6.07, 6.45) is 5.20. The Morgan fingerprint density at radius 1 is 1.06 bits per heavy atom. The lowest BCUT2D eigenvalue weighted by molar-refractivity contribution is -0.121. The van der Waals surface area contributed by atoms with Gasteiger partial charge in [0.05, 0.1) is 18.2 Å². The number of pyridine rings is 1. The molecule has 2 heterocycles. The first-order chi connectivity index (χ1) is 16.2. The van der Waals surface area contributed by atoms with Crippen molar-refractivity contribution in [1.29, 1.82) is 0 Å². The van der Waals surface area contributed by atoms with Gasteiger partial charge in [-0.2, -0.15) is 0 Å². The monoisotopic (exact) mass is 458 g/mol. The summed E-state index contributed by atoms with van der Waals surface area (Å²) < 4.78 is 0. The van der Waals surface area contributed by atoms with Gasteiger partial charge in [-0.3, -0.25) is 9.69 Å². The van der Waals surface area contributed by atoms with Gasteiger partial charge in [0.15, 0.2) is 0 Å². The van der Waals surface area contributed by atoms with Crippen molar-refractivity contribution < 1.29 is 9.59 Å². The maximum absolute atomic E-state index is 12.8. The SMILES string of the molecule is O=C(Cc1ccc(NC(=O)N2CCSc3ncccc32)cc1)NC1CCCc2ccccc21. The van der Waals surface area contributed by atoms with Gasteiger partial charge in [-0.15, -0.1) is 11.8 Å². The number of amides is 3. The molecule has 1 atom stereocenters. The summed E-state index contributed by atoms with van der Waals surface area (Å²) in [5.74, 6) is 0.833. The summed E-state index contributed by atoms with van der Waals surface area (Å²) in [6, 6.07) is 19.5. The molecule has 5 rings (SSSR count). The van der Waals surface area contributed by atoms with E-state index < -0.39 is 0 Å². The zero-order valence-corrected chi connectivity index (χ0v) is 19.1. The average molecular weight is 459 g/mol. The number of nitrogens with zero attached hydrogens (tertiary/aromatic N) is 2. The number of aryl methyl sites for hydroxylation is 1. The Hall–Kier alpha value is -3.32. The van der Waals surface area contributed by atoms with Gasteiger partial charge in [0.25, 0.3) is 0 Å². The average Bonchev–Trinajstić information content (AvgIpc) is 2.85. The number of anilines is 2. The smallest absolute Gasteiger partial charge is 0.326 e. The molecular weight excluding hydrogens is 432 g/mol. The van der Waals surface area contributed by atoms with Crippen LogP contribution in [-0.2, 0) is 17.6 Å². The van der Waals surface area contributed by atoms with Crippen molar-refractivity contribution in [3.63, 3.8) is 0 Å². The van der Waals surface area contributed by atoms with Crippen LogP contribution in [0.1, 0.15) is 35.6 Å². The molecule has 0 spiro atoms. The number of carbonyl (C=O) groups excluding carboxylic acids is 2. The first kappa shape index (κ1) is 21.5. The van der Waals surface area contributed by atoms with Gasteiger partial charge in [0, 0.05) is 24.2 Å². The molecule has 0 bridgehead atoms. The summed E-state index contributed by atoms with van der Waals surface area (Å²) in [5.41, 5.74) is 5.03. The molecule has 33 heavy (non-hydrogen) atoms. The van der Waals surface area contributed by atoms with Gasteiger partial charge >= 0.3 is 6.03 Å². The van der Waals surface area contributed by atoms with Crippen molar-refractivity contribution in [2.75, 3.05) is 22.5 Å². The topological polar surface area (TPSA) is 74.3 Å². The fraction of sp³-hybridized carbons (Fsp3) is 0.269. The lowest BCUT2D eigenvalue weighted by Gasteiger charge is -2.28. The predicted molar refractivity (Wildman–Crippen MR) is 132 cm³/mol. The summed E-state index contributed by atoms with van der Waals surface area (Å²) in [5, 5.41) is 7.03. The molecule has 7 heteroatoms. The minimum absolute atomic E-state index is 0.0170. The Bertz CT molecular complexity index is 1160. The predicted octanol–water partition coefficient (Wildman–Crippen LogP) is 4.96. The highest BCUT2D eigenvalue weighted by Gasteiger charge is 2.24. The van der Waals surface area contributed by atoms with E-state index in [1.165, 1.54) is 11.1 Å². The van der Waals surface area contributed by atoms with E-state index in [0.717, 1.165) is 41.3 Å². The molecule has 3 aromatic rings. The van der Waals surface area contributed by atoms with Gasteiger partial charge in [0.2, 0.25) is 5.91 Å². The second kappa shape index (κ2) is 9.67. The molecule has 1 aliphatic carbocycles. The van der Waals surface area contributed by atoms with Crippen LogP contribution in [0.2, 0.25) is 0 Å². The van der Waals surface area contributed by atoms with E-state index in [4.69, 9.17) is 0 Å². The van der Waals surface area contributed by atoms with Crippen molar-refractivity contribution in [2.45, 2.75) is 36.8 Å². The van der Waals surface area contributed by atoms with Crippen molar-refractivity contribution in [3.8, 4) is 0 Å². The molecule has 6 nitrogen and oxygen atoms in total. The van der Waals surface area contributed by atoms with Crippen LogP contribution in [0.4, 0.5) is 16.2 Å². The number of benzene rings is 2. The van der Waals surface area contributed by atoms with Gasteiger partial charge in [-0.05, 0) is 60.2 Å². The fourth-order valence-corrected chi connectivity index (χ4v) is 5.42. The molecule has 168 valence electrons. The largest absolute Gasteiger partial charge is 0.349 e. The quantitative estimate of drug-likeness (QED) is 0.579. The van der Waals surface area contributed by atoms with Crippen molar-refractivity contribution in [2.24, 2.45) is 0 Å². The van der Waals surface area contributed by atoms with Crippen molar-refractivity contribution in [3.05, 3.63) is 83.6 Å². The van der Waals surface area contributed by atoms with E-state index in [0.29, 0.717) is 18.7 Å². The number of urea groups is 1. The second-order valence-electron chi connectivity index (χ2n) is 8.34. The number of hydrogen-bond donors (Lipinski definition) is 2. The third-order valence-electron chi connectivity index (χ3n) is 6.12. The summed E-state index contributed by atoms with van der Waals surface area (Å²) in [7, 11) is 0. The number of aromatic nitrogens is 1. The highest BCUT2D eigenvalue weighted by atomic mass is 32.2. The van der Waals surface area contributed by atoms with Crippen LogP contribution in [0.3, 0.4) is 0 Å². The van der Waals surface area contributed by atoms with Gasteiger partial charge in [-0.1, -0.05) is 36.4 Å². The molecular formula is C26H26N4O2S. The molecule has 1 aromatic heterocycles. The maximum Gasteiger partial charge on any atom is 0.326 e. The number of nitrogens with one attached hydrogen (secondary N) is 2. The molecule has 2 aromatic carbocycles. The van der Waals surface area contributed by atoms with Gasteiger partial charge in [-0.25, -0.2) is 9.78 Å². The first-order valence-electron chi connectivity index (χ1n) is 11.3. The van der Waals surface area contributed by atoms with E-state index in [9.17, 15) is 9.59 Å². The van der Waals surface area contributed by atoms with E-state index in [-0.39, 0.29) is 18.0 Å². The Labute approximate surface area is 197 Å². The zero-order valence-electron chi connectivity index (χ0n) is 18.3. The van der Waals surface area contributed by atoms with Crippen LogP contribution in [-0.4, -0.2) is 29.2 Å². The molecule has 0 fully saturated rings. The summed E-state index contributed by atoms with van der Waals surface area (Å²) in [6.45, 7) is 0.637. The van der Waals surface area contributed by atoms with Gasteiger partial charge in [0.1, 0.15) is 5.03 Å². The van der Waals surface area contributed by atoms with E-state index in [1.807, 2.05) is 42.5 Å². The second-order valence-corrected chi connectivity index (χ2v) is 9.43. The highest BCUT2D eigenvalue weighted by Crippen LogP contribution is 2.33. The van der Waals surface area contributed by atoms with E-state index in [2.05, 4.69) is 33.8 Å². The minimum Gasteiger partial charge on any atom is -0.349 e. The summed E-state index contributed by atoms with van der Waals surface area (Å²) >= 11 is 1.66. The normalized spacial score (nSPS) is 17.0. The molecule has 0 saturated heterocycles. The lowest BCUT2D eigenvalue weighted by atomic mass is 9.87. The molecule has 1 aliphatic heterocycles. The third-order valence-corrected chi connectivity index (χ3v) is 7.09. The zero-order chi connectivity index (χ0) is 22.6. The molecule has 2 aliphatic rings. The fourth-order valence-electron chi connectivity index (χ4n) is 4.50. The van der Waals surface area contributed by atoms with Crippen LogP contribution < -0.4 is 15.5 Å². The molecule has 0 saturated carbocycles. The van der Waals surface area contributed by atoms with Crippen LogP contribution >= 0.6 is 11.8 Å². The van der Waals surface area contributed by atoms with Crippen LogP contribution in [0, 0.1) is 0 Å². The number of rotatable bonds is 4. The van der Waals surface area contributed by atoms with Crippen molar-refractivity contribution >= 4 is 35.1 Å². The van der Waals surface area contributed by atoms with Crippen LogP contribution in [0.5, 0.6) is 0 Å². The maximum atomic E-state index is 12.8. The van der Waals surface area contributed by atoms with E-state index >= 15 is 0 Å². The Morgan fingerprint density at radius 2 is 1.91 bits per heavy atom. The Morgan fingerprint density at radius 3 is 2.79 bits per heavy atom. The number of fused-ring (bicyclic) bond motifs is 2. The summed E-state index contributed by atoms with van der Waals surface area (Å²) in [4.78, 5) is 31.6. The number of hydrogen-bond acceptors (Lipinski definition) is 4. The van der Waals surface area contributed by atoms with Crippen LogP contribution in [0.15, 0.2) is 71.9 Å². The van der Waals surface area contributed by atoms with Gasteiger partial charge < -0.3 is 10.6 Å². The standard InChI is InChI=1S/C26H26N4O2S/c31-24(29-22-8-3-6-19-5-1-2-7-21(19)22)17-18-10-12-20(13-11-18)28-26(32)30-15-16-33-25-23(30)9-4-14-27-25/h1-2,4-5,7,9-14,22H,3,6,8,15-17H2,(H,28,32)(H,29,31). The van der Waals surface area contributed by atoms with Crippen molar-refractivity contribution in [1.82, 2.24) is 10.3 Å². The van der Waals surface area contributed by atoms with Crippen LogP contribution in [0.25, 0.3) is 0 Å². The van der Waals surface area contributed by atoms with E-state index in [1.54, 1.807) is 22.9 Å². The number of carbonyl (C=O) groups is 2.